The van der Waals surface area contributed by atoms with Gasteiger partial charge in [0.25, 0.3) is 11.3 Å². The van der Waals surface area contributed by atoms with Gasteiger partial charge in [0.05, 0.1) is 6.54 Å². The number of hydrogen-bond donors (Lipinski definition) is 2. The molecule has 1 aromatic carbocycles. The normalized spacial score (nSPS) is 11.0. The maximum Gasteiger partial charge on any atom is 0.274 e. The molecule has 0 unspecified atom stereocenters. The van der Waals surface area contributed by atoms with E-state index in [1.807, 2.05) is 18.2 Å². The number of aromatic amines is 1. The SMILES string of the molecule is CCc1ccccc1NCc1nc2nc(C)cc(=O)n2[nH]1. The second-order valence-corrected chi connectivity index (χ2v) is 4.91. The number of aryl methyl sites for hydroxylation is 2. The Morgan fingerprint density at radius 3 is 2.90 bits per heavy atom. The van der Waals surface area contributed by atoms with Crippen LogP contribution in [0.3, 0.4) is 0 Å². The predicted molar refractivity (Wildman–Crippen MR) is 81.5 cm³/mol. The van der Waals surface area contributed by atoms with Crippen LogP contribution < -0.4 is 10.9 Å². The van der Waals surface area contributed by atoms with Crippen LogP contribution in [-0.2, 0) is 13.0 Å². The van der Waals surface area contributed by atoms with E-state index in [9.17, 15) is 4.79 Å². The fourth-order valence-electron chi connectivity index (χ4n) is 2.30. The Hall–Kier alpha value is -2.63. The molecule has 6 heteroatoms. The molecule has 0 aliphatic heterocycles. The smallest absolute Gasteiger partial charge is 0.274 e. The molecule has 21 heavy (non-hydrogen) atoms. The highest BCUT2D eigenvalue weighted by atomic mass is 16.1. The average molecular weight is 283 g/mol. The molecule has 0 amide bonds. The van der Waals surface area contributed by atoms with Crippen LogP contribution in [-0.4, -0.2) is 19.6 Å². The highest BCUT2D eigenvalue weighted by Crippen LogP contribution is 2.15. The predicted octanol–water partition coefficient (Wildman–Crippen LogP) is 1.90. The minimum atomic E-state index is -0.148. The van der Waals surface area contributed by atoms with Crippen molar-refractivity contribution < 1.29 is 0 Å². The van der Waals surface area contributed by atoms with E-state index < -0.39 is 0 Å². The summed E-state index contributed by atoms with van der Waals surface area (Å²) in [5, 5.41) is 6.31. The van der Waals surface area contributed by atoms with Gasteiger partial charge in [-0.1, -0.05) is 25.1 Å². The molecule has 0 spiro atoms. The van der Waals surface area contributed by atoms with Crippen molar-refractivity contribution in [1.29, 1.82) is 0 Å². The third kappa shape index (κ3) is 2.65. The van der Waals surface area contributed by atoms with Crippen molar-refractivity contribution in [2.75, 3.05) is 5.32 Å². The number of fused-ring (bicyclic) bond motifs is 1. The molecule has 2 aromatic heterocycles. The first-order chi connectivity index (χ1) is 10.2. The maximum atomic E-state index is 11.8. The number of aromatic nitrogens is 4. The molecule has 0 aliphatic carbocycles. The van der Waals surface area contributed by atoms with E-state index in [1.54, 1.807) is 6.92 Å². The van der Waals surface area contributed by atoms with Crippen LogP contribution in [0.15, 0.2) is 35.1 Å². The zero-order valence-electron chi connectivity index (χ0n) is 12.1. The number of hydrogen-bond acceptors (Lipinski definition) is 4. The van der Waals surface area contributed by atoms with Crippen LogP contribution in [0.2, 0.25) is 0 Å². The average Bonchev–Trinajstić information content (AvgIpc) is 2.88. The highest BCUT2D eigenvalue weighted by Gasteiger charge is 2.07. The van der Waals surface area contributed by atoms with Crippen molar-refractivity contribution in [3.8, 4) is 0 Å². The summed E-state index contributed by atoms with van der Waals surface area (Å²) in [6, 6.07) is 9.63. The summed E-state index contributed by atoms with van der Waals surface area (Å²) in [6.07, 6.45) is 0.962. The molecule has 0 radical (unpaired) electrons. The molecule has 108 valence electrons. The van der Waals surface area contributed by atoms with Crippen LogP contribution in [0.1, 0.15) is 24.0 Å². The van der Waals surface area contributed by atoms with Gasteiger partial charge in [-0.2, -0.15) is 9.50 Å². The molecular formula is C15H17N5O. The van der Waals surface area contributed by atoms with Crippen LogP contribution in [0.4, 0.5) is 5.69 Å². The lowest BCUT2D eigenvalue weighted by Crippen LogP contribution is -2.14. The summed E-state index contributed by atoms with van der Waals surface area (Å²) in [6.45, 7) is 4.41. The molecular weight excluding hydrogens is 266 g/mol. The van der Waals surface area contributed by atoms with E-state index in [-0.39, 0.29) is 5.56 Å². The molecule has 6 nitrogen and oxygen atoms in total. The molecule has 2 heterocycles. The lowest BCUT2D eigenvalue weighted by atomic mass is 10.1. The zero-order chi connectivity index (χ0) is 14.8. The molecule has 0 bridgehead atoms. The number of H-pyrrole nitrogens is 1. The van der Waals surface area contributed by atoms with Crippen LogP contribution >= 0.6 is 0 Å². The van der Waals surface area contributed by atoms with E-state index in [2.05, 4.69) is 33.4 Å². The highest BCUT2D eigenvalue weighted by molar-refractivity contribution is 5.51. The van der Waals surface area contributed by atoms with Gasteiger partial charge in [0.15, 0.2) is 0 Å². The quantitative estimate of drug-likeness (QED) is 0.767. The largest absolute Gasteiger partial charge is 0.378 e. The van der Waals surface area contributed by atoms with Gasteiger partial charge in [-0.3, -0.25) is 9.89 Å². The molecule has 0 saturated carbocycles. The first kappa shape index (κ1) is 13.4. The Morgan fingerprint density at radius 1 is 1.29 bits per heavy atom. The monoisotopic (exact) mass is 283 g/mol. The fraction of sp³-hybridized carbons (Fsp3) is 0.267. The fourth-order valence-corrected chi connectivity index (χ4v) is 2.30. The van der Waals surface area contributed by atoms with E-state index in [1.165, 1.54) is 16.1 Å². The number of rotatable bonds is 4. The third-order valence-electron chi connectivity index (χ3n) is 3.35. The van der Waals surface area contributed by atoms with Crippen LogP contribution in [0, 0.1) is 6.92 Å². The summed E-state index contributed by atoms with van der Waals surface area (Å²) in [7, 11) is 0. The Labute approximate surface area is 121 Å². The number of nitrogens with zero attached hydrogens (tertiary/aromatic N) is 3. The van der Waals surface area contributed by atoms with Gasteiger partial charge in [0.1, 0.15) is 5.82 Å². The van der Waals surface area contributed by atoms with E-state index >= 15 is 0 Å². The second kappa shape index (κ2) is 5.40. The lowest BCUT2D eigenvalue weighted by molar-refractivity contribution is 0.851. The summed E-state index contributed by atoms with van der Waals surface area (Å²) < 4.78 is 1.36. The molecule has 0 saturated heterocycles. The summed E-state index contributed by atoms with van der Waals surface area (Å²) in [5.74, 6) is 1.08. The summed E-state index contributed by atoms with van der Waals surface area (Å²) in [5.41, 5.74) is 2.85. The van der Waals surface area contributed by atoms with Gasteiger partial charge in [0, 0.05) is 17.4 Å². The van der Waals surface area contributed by atoms with Gasteiger partial charge in [-0.15, -0.1) is 0 Å². The molecule has 0 fully saturated rings. The van der Waals surface area contributed by atoms with Gasteiger partial charge in [0.2, 0.25) is 0 Å². The Kier molecular flexibility index (Phi) is 3.43. The second-order valence-electron chi connectivity index (χ2n) is 4.91. The van der Waals surface area contributed by atoms with Crippen molar-refractivity contribution in [3.05, 3.63) is 57.8 Å². The van der Waals surface area contributed by atoms with Crippen molar-refractivity contribution in [2.45, 2.75) is 26.8 Å². The first-order valence-electron chi connectivity index (χ1n) is 6.94. The van der Waals surface area contributed by atoms with Crippen LogP contribution in [0.25, 0.3) is 5.78 Å². The van der Waals surface area contributed by atoms with Gasteiger partial charge in [-0.25, -0.2) is 4.98 Å². The van der Waals surface area contributed by atoms with Crippen molar-refractivity contribution >= 4 is 11.5 Å². The summed E-state index contributed by atoms with van der Waals surface area (Å²) in [4.78, 5) is 20.4. The third-order valence-corrected chi connectivity index (χ3v) is 3.35. The van der Waals surface area contributed by atoms with Gasteiger partial charge in [-0.05, 0) is 25.0 Å². The van der Waals surface area contributed by atoms with Gasteiger partial charge >= 0.3 is 0 Å². The van der Waals surface area contributed by atoms with Crippen molar-refractivity contribution in [3.63, 3.8) is 0 Å². The maximum absolute atomic E-state index is 11.8. The van der Waals surface area contributed by atoms with Gasteiger partial charge < -0.3 is 5.32 Å². The van der Waals surface area contributed by atoms with Crippen molar-refractivity contribution in [2.24, 2.45) is 0 Å². The van der Waals surface area contributed by atoms with E-state index in [0.717, 1.165) is 12.1 Å². The number of nitrogens with one attached hydrogen (secondary N) is 2. The van der Waals surface area contributed by atoms with E-state index in [0.29, 0.717) is 23.8 Å². The summed E-state index contributed by atoms with van der Waals surface area (Å²) >= 11 is 0. The molecule has 3 aromatic rings. The topological polar surface area (TPSA) is 75.1 Å². The molecule has 0 aliphatic rings. The Bertz CT molecular complexity index is 833. The lowest BCUT2D eigenvalue weighted by Gasteiger charge is -2.08. The zero-order valence-corrected chi connectivity index (χ0v) is 12.1. The molecule has 3 rings (SSSR count). The minimum Gasteiger partial charge on any atom is -0.378 e. The van der Waals surface area contributed by atoms with E-state index in [4.69, 9.17) is 0 Å². The van der Waals surface area contributed by atoms with Crippen LogP contribution in [0.5, 0.6) is 0 Å². The first-order valence-corrected chi connectivity index (χ1v) is 6.94. The number of benzene rings is 1. The molecule has 2 N–H and O–H groups in total. The number of anilines is 1. The molecule has 0 atom stereocenters. The minimum absolute atomic E-state index is 0.148. The van der Waals surface area contributed by atoms with Crippen molar-refractivity contribution in [1.82, 2.24) is 19.6 Å². The number of para-hydroxylation sites is 1. The standard InChI is InChI=1S/C15H17N5O/c1-3-11-6-4-5-7-12(11)16-9-13-18-15-17-10(2)8-14(21)20(15)19-13/h4-8,16H,3,9H2,1-2H3,(H,17,18,19). The Balaban J connectivity index is 1.85. The Morgan fingerprint density at radius 2 is 2.10 bits per heavy atom.